The number of hydrogen-bond donors (Lipinski definition) is 1. The van der Waals surface area contributed by atoms with E-state index in [1.54, 1.807) is 13.0 Å². The first-order chi connectivity index (χ1) is 5.65. The van der Waals surface area contributed by atoms with E-state index in [9.17, 15) is 4.39 Å². The number of benzene rings is 1. The van der Waals surface area contributed by atoms with Crippen LogP contribution in [0.5, 0.6) is 0 Å². The van der Waals surface area contributed by atoms with Crippen LogP contribution in [-0.4, -0.2) is 6.26 Å². The number of hydrogen-bond acceptors (Lipinski definition) is 2. The minimum absolute atomic E-state index is 0.211. The van der Waals surface area contributed by atoms with Gasteiger partial charge in [0.1, 0.15) is 5.82 Å². The van der Waals surface area contributed by atoms with Crippen LogP contribution in [0, 0.1) is 5.82 Å². The van der Waals surface area contributed by atoms with E-state index >= 15 is 0 Å². The zero-order valence-corrected chi connectivity index (χ0v) is 7.99. The summed E-state index contributed by atoms with van der Waals surface area (Å²) >= 11 is 1.52. The number of nitrogens with two attached hydrogens (primary N) is 1. The molecule has 12 heavy (non-hydrogen) atoms. The summed E-state index contributed by atoms with van der Waals surface area (Å²) in [6, 6.07) is 4.91. The van der Waals surface area contributed by atoms with Crippen LogP contribution in [0.4, 0.5) is 4.39 Å². The summed E-state index contributed by atoms with van der Waals surface area (Å²) in [6.07, 6.45) is 1.92. The van der Waals surface area contributed by atoms with Crippen LogP contribution in [0.1, 0.15) is 18.5 Å². The molecule has 0 aliphatic rings. The molecule has 1 atom stereocenters. The maximum Gasteiger partial charge on any atom is 0.129 e. The third kappa shape index (κ3) is 1.99. The van der Waals surface area contributed by atoms with Gasteiger partial charge in [-0.2, -0.15) is 0 Å². The molecule has 1 rings (SSSR count). The van der Waals surface area contributed by atoms with Gasteiger partial charge in [0.05, 0.1) is 0 Å². The van der Waals surface area contributed by atoms with E-state index in [0.29, 0.717) is 5.56 Å². The van der Waals surface area contributed by atoms with Crippen LogP contribution >= 0.6 is 11.8 Å². The van der Waals surface area contributed by atoms with Crippen molar-refractivity contribution in [3.8, 4) is 0 Å². The summed E-state index contributed by atoms with van der Waals surface area (Å²) in [4.78, 5) is 0.928. The molecule has 0 aliphatic heterocycles. The van der Waals surface area contributed by atoms with Gasteiger partial charge in [-0.25, -0.2) is 4.39 Å². The van der Waals surface area contributed by atoms with Crippen molar-refractivity contribution in [1.82, 2.24) is 0 Å². The lowest BCUT2D eigenvalue weighted by Crippen LogP contribution is -2.07. The third-order valence-electron chi connectivity index (χ3n) is 1.70. The summed E-state index contributed by atoms with van der Waals surface area (Å²) in [5, 5.41) is 0. The molecule has 0 spiro atoms. The quantitative estimate of drug-likeness (QED) is 0.717. The fourth-order valence-electron chi connectivity index (χ4n) is 1.00. The molecular weight excluding hydrogens is 173 g/mol. The van der Waals surface area contributed by atoms with E-state index in [1.165, 1.54) is 17.8 Å². The fraction of sp³-hybridized carbons (Fsp3) is 0.333. The highest BCUT2D eigenvalue weighted by Gasteiger charge is 2.06. The van der Waals surface area contributed by atoms with Crippen LogP contribution in [0.2, 0.25) is 0 Å². The summed E-state index contributed by atoms with van der Waals surface area (Å²) in [6.45, 7) is 1.77. The number of halogens is 1. The first-order valence-corrected chi connectivity index (χ1v) is 4.96. The average molecular weight is 185 g/mol. The lowest BCUT2D eigenvalue weighted by Gasteiger charge is -2.07. The van der Waals surface area contributed by atoms with Crippen LogP contribution in [0.25, 0.3) is 0 Å². The van der Waals surface area contributed by atoms with E-state index in [-0.39, 0.29) is 11.9 Å². The van der Waals surface area contributed by atoms with Crippen molar-refractivity contribution in [2.45, 2.75) is 17.9 Å². The summed E-state index contributed by atoms with van der Waals surface area (Å²) in [5.41, 5.74) is 6.14. The predicted octanol–water partition coefficient (Wildman–Crippen LogP) is 2.57. The highest BCUT2D eigenvalue weighted by Crippen LogP contribution is 2.21. The van der Waals surface area contributed by atoms with Gasteiger partial charge in [-0.05, 0) is 25.3 Å². The zero-order valence-electron chi connectivity index (χ0n) is 7.17. The first-order valence-electron chi connectivity index (χ1n) is 3.74. The number of thioether (sulfide) groups is 1. The molecule has 0 fully saturated rings. The molecule has 1 unspecified atom stereocenters. The van der Waals surface area contributed by atoms with Crippen molar-refractivity contribution >= 4 is 11.8 Å². The van der Waals surface area contributed by atoms with Gasteiger partial charge in [0.15, 0.2) is 0 Å². The monoisotopic (exact) mass is 185 g/mol. The van der Waals surface area contributed by atoms with Gasteiger partial charge < -0.3 is 5.73 Å². The summed E-state index contributed by atoms with van der Waals surface area (Å²) in [5.74, 6) is -0.211. The number of rotatable bonds is 2. The molecule has 66 valence electrons. The van der Waals surface area contributed by atoms with Gasteiger partial charge in [-0.3, -0.25) is 0 Å². The predicted molar refractivity (Wildman–Crippen MR) is 50.8 cm³/mol. The van der Waals surface area contributed by atoms with E-state index in [2.05, 4.69) is 0 Å². The molecule has 0 aromatic heterocycles. The standard InChI is InChI=1S/C9H12FNS/c1-6(11)8-4-3-7(12-2)5-9(8)10/h3-6H,11H2,1-2H3. The van der Waals surface area contributed by atoms with Crippen molar-refractivity contribution in [2.24, 2.45) is 5.73 Å². The average Bonchev–Trinajstić information content (AvgIpc) is 2.03. The second kappa shape index (κ2) is 3.92. The summed E-state index contributed by atoms with van der Waals surface area (Å²) < 4.78 is 13.2. The Kier molecular flexibility index (Phi) is 3.12. The Bertz CT molecular complexity index is 273. The molecule has 2 N–H and O–H groups in total. The topological polar surface area (TPSA) is 26.0 Å². The molecule has 0 bridgehead atoms. The van der Waals surface area contributed by atoms with Crippen LogP contribution in [-0.2, 0) is 0 Å². The molecule has 3 heteroatoms. The van der Waals surface area contributed by atoms with Crippen LogP contribution in [0.15, 0.2) is 23.1 Å². The summed E-state index contributed by atoms with van der Waals surface area (Å²) in [7, 11) is 0. The van der Waals surface area contributed by atoms with Gasteiger partial charge in [-0.1, -0.05) is 6.07 Å². The van der Waals surface area contributed by atoms with Gasteiger partial charge in [0.25, 0.3) is 0 Å². The van der Waals surface area contributed by atoms with E-state index in [1.807, 2.05) is 12.3 Å². The highest BCUT2D eigenvalue weighted by atomic mass is 32.2. The van der Waals surface area contributed by atoms with Gasteiger partial charge in [0, 0.05) is 16.5 Å². The van der Waals surface area contributed by atoms with E-state index in [0.717, 1.165) is 4.90 Å². The largest absolute Gasteiger partial charge is 0.324 e. The van der Waals surface area contributed by atoms with Gasteiger partial charge >= 0.3 is 0 Å². The van der Waals surface area contributed by atoms with Crippen LogP contribution in [0.3, 0.4) is 0 Å². The molecule has 0 amide bonds. The Morgan fingerprint density at radius 3 is 2.58 bits per heavy atom. The van der Waals surface area contributed by atoms with Gasteiger partial charge in [0.2, 0.25) is 0 Å². The van der Waals surface area contributed by atoms with Crippen molar-refractivity contribution in [3.05, 3.63) is 29.6 Å². The minimum Gasteiger partial charge on any atom is -0.324 e. The Morgan fingerprint density at radius 1 is 1.50 bits per heavy atom. The first kappa shape index (κ1) is 9.55. The van der Waals surface area contributed by atoms with Crippen molar-refractivity contribution < 1.29 is 4.39 Å². The highest BCUT2D eigenvalue weighted by molar-refractivity contribution is 7.98. The lowest BCUT2D eigenvalue weighted by molar-refractivity contribution is 0.590. The Labute approximate surface area is 76.2 Å². The maximum atomic E-state index is 13.2. The van der Waals surface area contributed by atoms with Crippen LogP contribution < -0.4 is 5.73 Å². The maximum absolute atomic E-state index is 13.2. The molecule has 1 nitrogen and oxygen atoms in total. The molecule has 0 heterocycles. The molecular formula is C9H12FNS. The molecule has 1 aromatic rings. The second-order valence-electron chi connectivity index (χ2n) is 2.68. The van der Waals surface area contributed by atoms with E-state index in [4.69, 9.17) is 5.73 Å². The third-order valence-corrected chi connectivity index (χ3v) is 2.42. The smallest absolute Gasteiger partial charge is 0.129 e. The molecule has 0 saturated carbocycles. The molecule has 0 aliphatic carbocycles. The Balaban J connectivity index is 3.03. The SMILES string of the molecule is CSc1ccc(C(C)N)c(F)c1. The molecule has 1 aromatic carbocycles. The zero-order chi connectivity index (χ0) is 9.14. The minimum atomic E-state index is -0.235. The van der Waals surface area contributed by atoms with E-state index < -0.39 is 0 Å². The van der Waals surface area contributed by atoms with Crippen molar-refractivity contribution in [3.63, 3.8) is 0 Å². The second-order valence-corrected chi connectivity index (χ2v) is 3.56. The lowest BCUT2D eigenvalue weighted by atomic mass is 10.1. The molecule has 0 radical (unpaired) electrons. The van der Waals surface area contributed by atoms with Crippen molar-refractivity contribution in [1.29, 1.82) is 0 Å². The molecule has 0 saturated heterocycles. The normalized spacial score (nSPS) is 13.0. The fourth-order valence-corrected chi connectivity index (χ4v) is 1.43. The Morgan fingerprint density at radius 2 is 2.17 bits per heavy atom. The van der Waals surface area contributed by atoms with Crippen molar-refractivity contribution in [2.75, 3.05) is 6.26 Å². The Hall–Kier alpha value is -0.540. The van der Waals surface area contributed by atoms with Gasteiger partial charge in [-0.15, -0.1) is 11.8 Å².